The van der Waals surface area contributed by atoms with Gasteiger partial charge in [-0.2, -0.15) is 0 Å². The molecule has 0 heterocycles. The monoisotopic (exact) mass is 350 g/mol. The van der Waals surface area contributed by atoms with Crippen LogP contribution in [0.1, 0.15) is 16.7 Å². The fourth-order valence-corrected chi connectivity index (χ4v) is 2.74. The highest BCUT2D eigenvalue weighted by molar-refractivity contribution is 6.35. The van der Waals surface area contributed by atoms with E-state index in [-0.39, 0.29) is 12.5 Å². The van der Waals surface area contributed by atoms with Gasteiger partial charge < -0.3 is 10.6 Å². The smallest absolute Gasteiger partial charge is 0.239 e. The molecule has 0 spiro atoms. The fourth-order valence-electron chi connectivity index (χ4n) is 2.24. The highest BCUT2D eigenvalue weighted by atomic mass is 35.5. The van der Waals surface area contributed by atoms with Crippen LogP contribution in [0.2, 0.25) is 10.0 Å². The van der Waals surface area contributed by atoms with Crippen molar-refractivity contribution in [2.24, 2.45) is 0 Å². The zero-order chi connectivity index (χ0) is 16.8. The van der Waals surface area contributed by atoms with Crippen LogP contribution in [-0.4, -0.2) is 19.0 Å². The molecule has 5 heteroatoms. The Labute approximate surface area is 147 Å². The number of hydrogen-bond acceptors (Lipinski definition) is 2. The minimum absolute atomic E-state index is 0.0454. The molecule has 0 bridgehead atoms. The van der Waals surface area contributed by atoms with Crippen molar-refractivity contribution in [1.29, 1.82) is 0 Å². The number of amides is 1. The highest BCUT2D eigenvalue weighted by Crippen LogP contribution is 2.21. The summed E-state index contributed by atoms with van der Waals surface area (Å²) in [5.74, 6) is -0.0454. The Morgan fingerprint density at radius 3 is 2.65 bits per heavy atom. The van der Waals surface area contributed by atoms with Gasteiger partial charge in [0.25, 0.3) is 0 Å². The van der Waals surface area contributed by atoms with Crippen LogP contribution in [0.25, 0.3) is 0 Å². The first-order chi connectivity index (χ1) is 11.0. The summed E-state index contributed by atoms with van der Waals surface area (Å²) in [6.45, 7) is 4.88. The number of halogens is 2. The lowest BCUT2D eigenvalue weighted by molar-refractivity contribution is -0.119. The predicted octanol–water partition coefficient (Wildman–Crippen LogP) is 4.38. The van der Waals surface area contributed by atoms with Gasteiger partial charge in [-0.1, -0.05) is 41.4 Å². The molecule has 0 saturated heterocycles. The Bertz CT molecular complexity index is 701. The van der Waals surface area contributed by atoms with Crippen molar-refractivity contribution >= 4 is 34.8 Å². The Balaban J connectivity index is 1.78. The number of carbonyl (C=O) groups is 1. The van der Waals surface area contributed by atoms with Crippen molar-refractivity contribution in [3.63, 3.8) is 0 Å². The quantitative estimate of drug-likeness (QED) is 0.811. The van der Waals surface area contributed by atoms with Crippen LogP contribution in [0.5, 0.6) is 0 Å². The molecule has 0 aliphatic rings. The van der Waals surface area contributed by atoms with E-state index in [4.69, 9.17) is 23.2 Å². The molecule has 1 amide bonds. The molecule has 2 aromatic carbocycles. The summed E-state index contributed by atoms with van der Waals surface area (Å²) in [6.07, 6.45) is 0.672. The Kier molecular flexibility index (Phi) is 6.31. The molecule has 0 saturated carbocycles. The average Bonchev–Trinajstić information content (AvgIpc) is 2.51. The number of benzene rings is 2. The van der Waals surface area contributed by atoms with Crippen LogP contribution in [0.15, 0.2) is 36.4 Å². The normalized spacial score (nSPS) is 10.4. The number of nitrogens with one attached hydrogen (secondary N) is 2. The van der Waals surface area contributed by atoms with Gasteiger partial charge in [-0.3, -0.25) is 4.79 Å². The molecule has 0 radical (unpaired) electrons. The van der Waals surface area contributed by atoms with Gasteiger partial charge in [-0.15, -0.1) is 0 Å². The zero-order valence-electron chi connectivity index (χ0n) is 13.2. The summed E-state index contributed by atoms with van der Waals surface area (Å²) in [5.41, 5.74) is 4.32. The molecule has 122 valence electrons. The van der Waals surface area contributed by atoms with E-state index in [1.165, 1.54) is 5.56 Å². The summed E-state index contributed by atoms with van der Waals surface area (Å²) in [5, 5.41) is 7.29. The largest absolute Gasteiger partial charge is 0.376 e. The number of carbonyl (C=O) groups excluding carboxylic acids is 1. The van der Waals surface area contributed by atoms with Crippen LogP contribution in [0.4, 0.5) is 5.69 Å². The first-order valence-corrected chi connectivity index (χ1v) is 8.23. The molecular formula is C18H20Cl2N2O. The van der Waals surface area contributed by atoms with E-state index in [0.717, 1.165) is 16.8 Å². The molecule has 2 aromatic rings. The number of anilines is 1. The van der Waals surface area contributed by atoms with Gasteiger partial charge in [0, 0.05) is 22.3 Å². The maximum Gasteiger partial charge on any atom is 0.239 e. The SMILES string of the molecule is Cc1cccc(NCC(=O)NCCc2ccc(Cl)cc2Cl)c1C. The molecule has 0 aromatic heterocycles. The Hall–Kier alpha value is -1.71. The van der Waals surface area contributed by atoms with E-state index in [1.807, 2.05) is 25.1 Å². The van der Waals surface area contributed by atoms with E-state index in [2.05, 4.69) is 23.6 Å². The summed E-state index contributed by atoms with van der Waals surface area (Å²) < 4.78 is 0. The third kappa shape index (κ3) is 5.15. The molecule has 0 unspecified atom stereocenters. The van der Waals surface area contributed by atoms with E-state index in [1.54, 1.807) is 12.1 Å². The standard InChI is InChI=1S/C18H20Cl2N2O/c1-12-4-3-5-17(13(12)2)22-11-18(23)21-9-8-14-6-7-15(19)10-16(14)20/h3-7,10,22H,8-9,11H2,1-2H3,(H,21,23). The summed E-state index contributed by atoms with van der Waals surface area (Å²) in [6, 6.07) is 11.4. The van der Waals surface area contributed by atoms with E-state index >= 15 is 0 Å². The summed E-state index contributed by atoms with van der Waals surface area (Å²) in [7, 11) is 0. The maximum atomic E-state index is 11.9. The lowest BCUT2D eigenvalue weighted by Gasteiger charge is -2.12. The van der Waals surface area contributed by atoms with Gasteiger partial charge in [-0.25, -0.2) is 0 Å². The summed E-state index contributed by atoms with van der Waals surface area (Å²) >= 11 is 12.0. The molecule has 0 fully saturated rings. The van der Waals surface area contributed by atoms with Crippen LogP contribution >= 0.6 is 23.2 Å². The molecule has 3 nitrogen and oxygen atoms in total. The fraction of sp³-hybridized carbons (Fsp3) is 0.278. The number of aryl methyl sites for hydroxylation is 1. The van der Waals surface area contributed by atoms with E-state index in [0.29, 0.717) is 23.0 Å². The minimum atomic E-state index is -0.0454. The first kappa shape index (κ1) is 17.6. The second-order valence-corrected chi connectivity index (χ2v) is 6.28. The second kappa shape index (κ2) is 8.23. The lowest BCUT2D eigenvalue weighted by Crippen LogP contribution is -2.31. The van der Waals surface area contributed by atoms with Crippen molar-refractivity contribution in [2.75, 3.05) is 18.4 Å². The average molecular weight is 351 g/mol. The molecule has 23 heavy (non-hydrogen) atoms. The van der Waals surface area contributed by atoms with Crippen molar-refractivity contribution in [2.45, 2.75) is 20.3 Å². The van der Waals surface area contributed by atoms with Crippen molar-refractivity contribution in [3.05, 3.63) is 63.1 Å². The first-order valence-electron chi connectivity index (χ1n) is 7.48. The van der Waals surface area contributed by atoms with Crippen molar-refractivity contribution in [1.82, 2.24) is 5.32 Å². The molecule has 0 aliphatic heterocycles. The maximum absolute atomic E-state index is 11.9. The van der Waals surface area contributed by atoms with Crippen molar-refractivity contribution in [3.8, 4) is 0 Å². The lowest BCUT2D eigenvalue weighted by atomic mass is 10.1. The number of hydrogen-bond donors (Lipinski definition) is 2. The predicted molar refractivity (Wildman–Crippen MR) is 97.6 cm³/mol. The van der Waals surface area contributed by atoms with Gasteiger partial charge >= 0.3 is 0 Å². The van der Waals surface area contributed by atoms with Gasteiger partial charge in [0.2, 0.25) is 5.91 Å². The van der Waals surface area contributed by atoms with E-state index < -0.39 is 0 Å². The number of rotatable bonds is 6. The van der Waals surface area contributed by atoms with Crippen molar-refractivity contribution < 1.29 is 4.79 Å². The molecule has 2 N–H and O–H groups in total. The van der Waals surface area contributed by atoms with E-state index in [9.17, 15) is 4.79 Å². The minimum Gasteiger partial charge on any atom is -0.376 e. The molecule has 0 aliphatic carbocycles. The molecule has 2 rings (SSSR count). The van der Waals surface area contributed by atoms with Gasteiger partial charge in [0.1, 0.15) is 0 Å². The Morgan fingerprint density at radius 2 is 1.91 bits per heavy atom. The van der Waals surface area contributed by atoms with Crippen LogP contribution in [-0.2, 0) is 11.2 Å². The summed E-state index contributed by atoms with van der Waals surface area (Å²) in [4.78, 5) is 11.9. The van der Waals surface area contributed by atoms with Crippen LogP contribution in [0, 0.1) is 13.8 Å². The highest BCUT2D eigenvalue weighted by Gasteiger charge is 2.05. The molecule has 0 atom stereocenters. The van der Waals surface area contributed by atoms with Gasteiger partial charge in [0.05, 0.1) is 6.54 Å². The third-order valence-corrected chi connectivity index (χ3v) is 4.36. The van der Waals surface area contributed by atoms with Gasteiger partial charge in [-0.05, 0) is 55.2 Å². The topological polar surface area (TPSA) is 41.1 Å². The molecular weight excluding hydrogens is 331 g/mol. The Morgan fingerprint density at radius 1 is 1.13 bits per heavy atom. The van der Waals surface area contributed by atoms with Crippen LogP contribution in [0.3, 0.4) is 0 Å². The third-order valence-electron chi connectivity index (χ3n) is 3.78. The van der Waals surface area contributed by atoms with Crippen LogP contribution < -0.4 is 10.6 Å². The van der Waals surface area contributed by atoms with Gasteiger partial charge in [0.15, 0.2) is 0 Å². The zero-order valence-corrected chi connectivity index (χ0v) is 14.8. The second-order valence-electron chi connectivity index (χ2n) is 5.44.